The maximum absolute atomic E-state index is 9.08. The monoisotopic (exact) mass is 242 g/mol. The summed E-state index contributed by atoms with van der Waals surface area (Å²) in [5, 5.41) is 9.08. The number of nitrogens with two attached hydrogens (primary N) is 1. The van der Waals surface area contributed by atoms with Crippen LogP contribution in [0.25, 0.3) is 0 Å². The first-order valence-corrected chi connectivity index (χ1v) is 7.11. The molecule has 0 saturated carbocycles. The zero-order chi connectivity index (χ0) is 12.7. The van der Waals surface area contributed by atoms with Crippen LogP contribution in [0.3, 0.4) is 0 Å². The van der Waals surface area contributed by atoms with Gasteiger partial charge in [0.2, 0.25) is 0 Å². The molecule has 0 bridgehead atoms. The van der Waals surface area contributed by atoms with Crippen molar-refractivity contribution in [3.8, 4) is 0 Å². The highest BCUT2D eigenvalue weighted by atomic mass is 16.3. The van der Waals surface area contributed by atoms with E-state index in [1.165, 1.54) is 51.7 Å². The first-order valence-electron chi connectivity index (χ1n) is 7.11. The maximum atomic E-state index is 9.08. The summed E-state index contributed by atoms with van der Waals surface area (Å²) in [6.45, 7) is 9.22. The van der Waals surface area contributed by atoms with Gasteiger partial charge in [-0.2, -0.15) is 0 Å². The molecule has 0 aromatic rings. The lowest BCUT2D eigenvalue weighted by molar-refractivity contribution is 0.129. The zero-order valence-electron chi connectivity index (χ0n) is 11.6. The Hall–Kier alpha value is -0.120. The third-order valence-electron chi connectivity index (χ3n) is 4.10. The number of unbranched alkanes of at least 4 members (excludes halogenated alkanes) is 1. The van der Waals surface area contributed by atoms with Crippen molar-refractivity contribution >= 4 is 0 Å². The fourth-order valence-electron chi connectivity index (χ4n) is 2.43. The smallest absolute Gasteiger partial charge is 0.0460 e. The van der Waals surface area contributed by atoms with Crippen molar-refractivity contribution in [3.05, 3.63) is 0 Å². The molecule has 0 spiro atoms. The third kappa shape index (κ3) is 5.84. The lowest BCUT2D eigenvalue weighted by atomic mass is 9.87. The molecule has 0 atom stereocenters. The Morgan fingerprint density at radius 3 is 2.41 bits per heavy atom. The van der Waals surface area contributed by atoms with Gasteiger partial charge in [0.1, 0.15) is 0 Å². The minimum Gasteiger partial charge on any atom is -0.396 e. The van der Waals surface area contributed by atoms with Crippen LogP contribution in [0.15, 0.2) is 0 Å². The van der Waals surface area contributed by atoms with Crippen LogP contribution >= 0.6 is 0 Å². The number of aliphatic hydroxyl groups is 1. The summed E-state index contributed by atoms with van der Waals surface area (Å²) >= 11 is 0. The SMILES string of the molecule is CC(C)(CN)CCCCN1CCC(CO)CC1. The molecule has 0 aliphatic carbocycles. The van der Waals surface area contributed by atoms with Crippen molar-refractivity contribution in [1.82, 2.24) is 4.90 Å². The van der Waals surface area contributed by atoms with Gasteiger partial charge in [-0.05, 0) is 63.2 Å². The fourth-order valence-corrected chi connectivity index (χ4v) is 2.43. The second-order valence-electron chi connectivity index (χ2n) is 6.29. The molecule has 3 N–H and O–H groups in total. The summed E-state index contributed by atoms with van der Waals surface area (Å²) in [7, 11) is 0. The molecule has 1 rings (SSSR count). The van der Waals surface area contributed by atoms with Crippen molar-refractivity contribution in [2.24, 2.45) is 17.1 Å². The van der Waals surface area contributed by atoms with Crippen LogP contribution in [0.2, 0.25) is 0 Å². The molecular formula is C14H30N2O. The van der Waals surface area contributed by atoms with E-state index in [1.54, 1.807) is 0 Å². The highest BCUT2D eigenvalue weighted by molar-refractivity contribution is 4.73. The lowest BCUT2D eigenvalue weighted by Gasteiger charge is -2.31. The van der Waals surface area contributed by atoms with Gasteiger partial charge in [0.05, 0.1) is 0 Å². The number of hydrogen-bond donors (Lipinski definition) is 2. The molecule has 3 heteroatoms. The van der Waals surface area contributed by atoms with Gasteiger partial charge in [0, 0.05) is 6.61 Å². The summed E-state index contributed by atoms with van der Waals surface area (Å²) in [6, 6.07) is 0. The Kier molecular flexibility index (Phi) is 6.45. The van der Waals surface area contributed by atoms with Crippen LogP contribution in [0.1, 0.15) is 46.0 Å². The van der Waals surface area contributed by atoms with E-state index in [2.05, 4.69) is 18.7 Å². The minimum atomic E-state index is 0.309. The Morgan fingerprint density at radius 1 is 1.24 bits per heavy atom. The van der Waals surface area contributed by atoms with Gasteiger partial charge in [-0.1, -0.05) is 20.3 Å². The Morgan fingerprint density at radius 2 is 1.88 bits per heavy atom. The number of aliphatic hydroxyl groups excluding tert-OH is 1. The second-order valence-corrected chi connectivity index (χ2v) is 6.29. The van der Waals surface area contributed by atoms with E-state index in [-0.39, 0.29) is 0 Å². The van der Waals surface area contributed by atoms with Crippen LogP contribution < -0.4 is 5.73 Å². The zero-order valence-corrected chi connectivity index (χ0v) is 11.6. The molecule has 0 aromatic heterocycles. The standard InChI is InChI=1S/C14H30N2O/c1-14(2,12-15)7-3-4-8-16-9-5-13(11-17)6-10-16/h13,17H,3-12,15H2,1-2H3. The number of piperidine rings is 1. The molecular weight excluding hydrogens is 212 g/mol. The average Bonchev–Trinajstić information content (AvgIpc) is 2.35. The topological polar surface area (TPSA) is 49.5 Å². The second kappa shape index (κ2) is 7.34. The average molecular weight is 242 g/mol. The van der Waals surface area contributed by atoms with Gasteiger partial charge in [-0.25, -0.2) is 0 Å². The van der Waals surface area contributed by atoms with Crippen molar-refractivity contribution < 1.29 is 5.11 Å². The van der Waals surface area contributed by atoms with Gasteiger partial charge in [-0.15, -0.1) is 0 Å². The summed E-state index contributed by atoms with van der Waals surface area (Å²) in [4.78, 5) is 2.54. The fraction of sp³-hybridized carbons (Fsp3) is 1.00. The summed E-state index contributed by atoms with van der Waals surface area (Å²) in [5.41, 5.74) is 6.04. The molecule has 0 unspecified atom stereocenters. The first kappa shape index (κ1) is 14.9. The Labute approximate surface area is 106 Å². The Bertz CT molecular complexity index is 198. The van der Waals surface area contributed by atoms with E-state index in [0.717, 1.165) is 6.54 Å². The van der Waals surface area contributed by atoms with Gasteiger partial charge < -0.3 is 15.7 Å². The molecule has 1 saturated heterocycles. The molecule has 0 radical (unpaired) electrons. The van der Waals surface area contributed by atoms with Crippen LogP contribution in [0.4, 0.5) is 0 Å². The quantitative estimate of drug-likeness (QED) is 0.670. The predicted octanol–water partition coefficient (Wildman–Crippen LogP) is 1.85. The molecule has 1 heterocycles. The van der Waals surface area contributed by atoms with Crippen molar-refractivity contribution in [2.45, 2.75) is 46.0 Å². The van der Waals surface area contributed by atoms with Crippen molar-refractivity contribution in [2.75, 3.05) is 32.8 Å². The number of nitrogens with zero attached hydrogens (tertiary/aromatic N) is 1. The van der Waals surface area contributed by atoms with Gasteiger partial charge >= 0.3 is 0 Å². The highest BCUT2D eigenvalue weighted by Crippen LogP contribution is 2.22. The van der Waals surface area contributed by atoms with E-state index < -0.39 is 0 Å². The van der Waals surface area contributed by atoms with E-state index >= 15 is 0 Å². The van der Waals surface area contributed by atoms with E-state index in [4.69, 9.17) is 10.8 Å². The molecule has 1 aliphatic rings. The molecule has 1 fully saturated rings. The van der Waals surface area contributed by atoms with Crippen LogP contribution in [-0.4, -0.2) is 42.8 Å². The van der Waals surface area contributed by atoms with E-state index in [1.807, 2.05) is 0 Å². The molecule has 0 amide bonds. The summed E-state index contributed by atoms with van der Waals surface area (Å²) in [6.07, 6.45) is 6.14. The first-order chi connectivity index (χ1) is 8.07. The molecule has 0 aromatic carbocycles. The minimum absolute atomic E-state index is 0.309. The third-order valence-corrected chi connectivity index (χ3v) is 4.10. The van der Waals surface area contributed by atoms with Gasteiger partial charge in [0.25, 0.3) is 0 Å². The predicted molar refractivity (Wildman–Crippen MR) is 72.9 cm³/mol. The largest absolute Gasteiger partial charge is 0.396 e. The summed E-state index contributed by atoms with van der Waals surface area (Å²) < 4.78 is 0. The summed E-state index contributed by atoms with van der Waals surface area (Å²) in [5.74, 6) is 0.558. The highest BCUT2D eigenvalue weighted by Gasteiger charge is 2.18. The molecule has 17 heavy (non-hydrogen) atoms. The molecule has 1 aliphatic heterocycles. The molecule has 102 valence electrons. The maximum Gasteiger partial charge on any atom is 0.0460 e. The van der Waals surface area contributed by atoms with Gasteiger partial charge in [0.15, 0.2) is 0 Å². The van der Waals surface area contributed by atoms with Gasteiger partial charge in [-0.3, -0.25) is 0 Å². The number of likely N-dealkylation sites (tertiary alicyclic amines) is 1. The Balaban J connectivity index is 2.04. The number of rotatable bonds is 7. The van der Waals surface area contributed by atoms with Crippen LogP contribution in [0, 0.1) is 11.3 Å². The normalized spacial score (nSPS) is 19.8. The molecule has 3 nitrogen and oxygen atoms in total. The lowest BCUT2D eigenvalue weighted by Crippen LogP contribution is -2.35. The van der Waals surface area contributed by atoms with E-state index in [9.17, 15) is 0 Å². The van der Waals surface area contributed by atoms with Crippen molar-refractivity contribution in [3.63, 3.8) is 0 Å². The number of hydrogen-bond acceptors (Lipinski definition) is 3. The van der Waals surface area contributed by atoms with Crippen LogP contribution in [-0.2, 0) is 0 Å². The van der Waals surface area contributed by atoms with Crippen LogP contribution in [0.5, 0.6) is 0 Å². The van der Waals surface area contributed by atoms with Crippen molar-refractivity contribution in [1.29, 1.82) is 0 Å². The van der Waals surface area contributed by atoms with E-state index in [0.29, 0.717) is 17.9 Å².